The lowest BCUT2D eigenvalue weighted by atomic mass is 10.1. The summed E-state index contributed by atoms with van der Waals surface area (Å²) in [5.41, 5.74) is 6.89. The summed E-state index contributed by atoms with van der Waals surface area (Å²) in [5.74, 6) is 0.175. The molecule has 4 heterocycles. The van der Waals surface area contributed by atoms with Crippen LogP contribution < -0.4 is 10.9 Å². The first-order valence-electron chi connectivity index (χ1n) is 13.0. The normalized spacial score (nSPS) is 22.3. The number of hydrogen-bond donors (Lipinski definition) is 2. The Morgan fingerprint density at radius 2 is 1.75 bits per heavy atom. The molecule has 0 spiro atoms. The van der Waals surface area contributed by atoms with Crippen molar-refractivity contribution in [3.05, 3.63) is 30.9 Å². The fourth-order valence-corrected chi connectivity index (χ4v) is 12.5. The molecule has 4 atom stereocenters. The van der Waals surface area contributed by atoms with Crippen molar-refractivity contribution in [2.24, 2.45) is 5.14 Å². The lowest BCUT2D eigenvalue weighted by Gasteiger charge is -2.44. The zero-order valence-electron chi connectivity index (χ0n) is 23.3. The van der Waals surface area contributed by atoms with Crippen LogP contribution in [0, 0.1) is 0 Å². The summed E-state index contributed by atoms with van der Waals surface area (Å²) in [4.78, 5) is 13.3. The van der Waals surface area contributed by atoms with Gasteiger partial charge >= 0.3 is 10.3 Å². The minimum absolute atomic E-state index is 0.139. The third kappa shape index (κ3) is 6.02. The highest BCUT2D eigenvalue weighted by molar-refractivity contribution is 7.99. The van der Waals surface area contributed by atoms with Crippen molar-refractivity contribution in [2.75, 3.05) is 12.3 Å². The Bertz CT molecular complexity index is 1410. The van der Waals surface area contributed by atoms with Crippen molar-refractivity contribution in [3.63, 3.8) is 0 Å². The summed E-state index contributed by atoms with van der Waals surface area (Å²) in [7, 11) is -6.94. The predicted molar refractivity (Wildman–Crippen MR) is 152 cm³/mol. The van der Waals surface area contributed by atoms with Gasteiger partial charge in [-0.3, -0.25) is 9.17 Å². The van der Waals surface area contributed by atoms with Crippen LogP contribution in [-0.4, -0.2) is 66.5 Å². The largest absolute Gasteiger partial charge is 0.407 e. The first-order chi connectivity index (χ1) is 18.8. The lowest BCUT2D eigenvalue weighted by Crippen LogP contribution is -2.53. The molecule has 0 unspecified atom stereocenters. The molecule has 3 aromatic rings. The van der Waals surface area contributed by atoms with Gasteiger partial charge in [-0.2, -0.15) is 13.5 Å². The maximum absolute atomic E-state index is 16.6. The van der Waals surface area contributed by atoms with E-state index in [1.807, 2.05) is 0 Å². The molecule has 16 heteroatoms. The van der Waals surface area contributed by atoms with Crippen molar-refractivity contribution in [3.8, 4) is 0 Å². The molecule has 12 nitrogen and oxygen atoms in total. The number of nitrogens with two attached hydrogens (primary N) is 2. The molecule has 3 aromatic heterocycles. The maximum atomic E-state index is 16.6. The van der Waals surface area contributed by atoms with Gasteiger partial charge in [0.05, 0.1) is 12.0 Å². The van der Waals surface area contributed by atoms with E-state index in [4.69, 9.17) is 24.2 Å². The molecular formula is C24H36FN7O5S2Si. The van der Waals surface area contributed by atoms with E-state index in [1.165, 1.54) is 22.8 Å². The number of alkyl halides is 1. The second-order valence-corrected chi connectivity index (χ2v) is 18.4. The molecule has 0 aliphatic carbocycles. The summed E-state index contributed by atoms with van der Waals surface area (Å²) in [6.07, 6.45) is -0.716. The molecular weight excluding hydrogens is 578 g/mol. The Hall–Kier alpha value is -2.21. The van der Waals surface area contributed by atoms with Gasteiger partial charge in [-0.05, 0) is 28.8 Å². The Kier molecular flexibility index (Phi) is 9.18. The molecule has 0 bridgehead atoms. The van der Waals surface area contributed by atoms with Gasteiger partial charge in [0.1, 0.15) is 29.4 Å². The molecule has 1 fully saturated rings. The molecule has 4 rings (SSSR count). The number of hydrogen-bond acceptors (Lipinski definition) is 11. The first-order valence-corrected chi connectivity index (χ1v) is 17.4. The predicted octanol–water partition coefficient (Wildman–Crippen LogP) is 3.97. The van der Waals surface area contributed by atoms with E-state index in [0.29, 0.717) is 10.4 Å². The van der Waals surface area contributed by atoms with Gasteiger partial charge in [0.15, 0.2) is 18.0 Å². The minimum Gasteiger partial charge on any atom is -0.407 e. The molecule has 1 aliphatic rings. The molecule has 0 amide bonds. The molecule has 0 saturated carbocycles. The molecule has 0 radical (unpaired) electrons. The van der Waals surface area contributed by atoms with E-state index in [2.05, 4.69) is 61.6 Å². The van der Waals surface area contributed by atoms with Crippen LogP contribution >= 0.6 is 11.8 Å². The second kappa shape index (κ2) is 12.0. The Labute approximate surface area is 238 Å². The standard InChI is InChI=1S/C24H36FN7O5S2Si/c1-13(2)40(14(3)4,15(5)6)37-20-17(11-35-39(27,33)34)36-24(19(20)25)32-22-18(21(26)29-12-30-22)23(31-32)38-16-7-9-28-10-8-16/h7-10,12-15,17,19-20,24H,11H2,1-6H3,(H2,26,29,30)(H2,27,33,34)/t17-,19+,20-,24-/m1/s1. The van der Waals surface area contributed by atoms with E-state index < -0.39 is 49.8 Å². The van der Waals surface area contributed by atoms with Crippen LogP contribution in [0.15, 0.2) is 40.8 Å². The third-order valence-electron chi connectivity index (χ3n) is 7.30. The summed E-state index contributed by atoms with van der Waals surface area (Å²) < 4.78 is 59.0. The Morgan fingerprint density at radius 1 is 1.12 bits per heavy atom. The van der Waals surface area contributed by atoms with Crippen LogP contribution in [0.25, 0.3) is 11.0 Å². The lowest BCUT2D eigenvalue weighted by molar-refractivity contribution is -0.0448. The molecule has 1 saturated heterocycles. The zero-order valence-corrected chi connectivity index (χ0v) is 25.9. The van der Waals surface area contributed by atoms with Crippen molar-refractivity contribution in [2.45, 2.75) is 92.7 Å². The smallest absolute Gasteiger partial charge is 0.333 e. The van der Waals surface area contributed by atoms with Gasteiger partial charge in [0.25, 0.3) is 0 Å². The average Bonchev–Trinajstić information content (AvgIpc) is 3.38. The van der Waals surface area contributed by atoms with E-state index in [0.717, 1.165) is 4.90 Å². The van der Waals surface area contributed by atoms with Crippen LogP contribution in [0.5, 0.6) is 0 Å². The van der Waals surface area contributed by atoms with E-state index in [1.54, 1.807) is 24.5 Å². The van der Waals surface area contributed by atoms with Crippen molar-refractivity contribution in [1.29, 1.82) is 0 Å². The molecule has 4 N–H and O–H groups in total. The van der Waals surface area contributed by atoms with Crippen molar-refractivity contribution >= 4 is 47.2 Å². The van der Waals surface area contributed by atoms with Gasteiger partial charge in [-0.15, -0.1) is 0 Å². The van der Waals surface area contributed by atoms with Gasteiger partial charge in [0, 0.05) is 17.3 Å². The number of anilines is 1. The van der Waals surface area contributed by atoms with Crippen molar-refractivity contribution < 1.29 is 26.2 Å². The fourth-order valence-electron chi connectivity index (χ4n) is 5.70. The summed E-state index contributed by atoms with van der Waals surface area (Å²) >= 11 is 1.29. The van der Waals surface area contributed by atoms with E-state index >= 15 is 4.39 Å². The molecule has 1 aliphatic heterocycles. The summed E-state index contributed by atoms with van der Waals surface area (Å²) in [6, 6.07) is 3.61. The highest BCUT2D eigenvalue weighted by Crippen LogP contribution is 2.47. The first kappa shape index (κ1) is 30.7. The van der Waals surface area contributed by atoms with Crippen LogP contribution in [0.3, 0.4) is 0 Å². The van der Waals surface area contributed by atoms with Gasteiger partial charge in [0.2, 0.25) is 8.32 Å². The molecule has 0 aromatic carbocycles. The number of nitrogen functional groups attached to an aromatic ring is 1. The Morgan fingerprint density at radius 3 is 2.33 bits per heavy atom. The topological polar surface area (TPSA) is 170 Å². The number of aromatic nitrogens is 5. The van der Waals surface area contributed by atoms with E-state index in [9.17, 15) is 8.42 Å². The minimum atomic E-state index is -4.31. The van der Waals surface area contributed by atoms with Crippen LogP contribution in [-0.2, 0) is 23.7 Å². The zero-order chi connectivity index (χ0) is 29.4. The van der Waals surface area contributed by atoms with Crippen LogP contribution in [0.4, 0.5) is 10.2 Å². The number of halogens is 1. The monoisotopic (exact) mass is 613 g/mol. The third-order valence-corrected chi connectivity index (χ3v) is 14.8. The summed E-state index contributed by atoms with van der Waals surface area (Å²) in [5, 5.41) is 10.6. The fraction of sp³-hybridized carbons (Fsp3) is 0.583. The summed E-state index contributed by atoms with van der Waals surface area (Å²) in [6.45, 7) is 11.9. The number of fused-ring (bicyclic) bond motifs is 1. The van der Waals surface area contributed by atoms with Gasteiger partial charge < -0.3 is 14.9 Å². The SMILES string of the molecule is CC(C)[Si](O[C@H]1[C@H](F)[C@H](n2nc(Sc3ccncc3)c3c(N)ncnc32)O[C@@H]1COS(N)(=O)=O)(C(C)C)C(C)C. The number of pyridine rings is 1. The average molecular weight is 614 g/mol. The molecule has 40 heavy (non-hydrogen) atoms. The highest BCUT2D eigenvalue weighted by atomic mass is 32.2. The van der Waals surface area contributed by atoms with Crippen molar-refractivity contribution in [1.82, 2.24) is 24.7 Å². The number of ether oxygens (including phenoxy) is 1. The number of rotatable bonds is 11. The molecule has 220 valence electrons. The second-order valence-electron chi connectivity index (χ2n) is 10.7. The highest BCUT2D eigenvalue weighted by Gasteiger charge is 2.55. The van der Waals surface area contributed by atoms with Gasteiger partial charge in [-0.25, -0.2) is 24.2 Å². The van der Waals surface area contributed by atoms with Crippen LogP contribution in [0.2, 0.25) is 16.6 Å². The Balaban J connectivity index is 1.78. The quantitative estimate of drug-likeness (QED) is 0.300. The van der Waals surface area contributed by atoms with Crippen LogP contribution in [0.1, 0.15) is 47.8 Å². The number of nitrogens with zero attached hydrogens (tertiary/aromatic N) is 5. The maximum Gasteiger partial charge on any atom is 0.333 e. The van der Waals surface area contributed by atoms with Gasteiger partial charge in [-0.1, -0.05) is 53.3 Å². The van der Waals surface area contributed by atoms with E-state index in [-0.39, 0.29) is 28.1 Å².